The van der Waals surface area contributed by atoms with Gasteiger partial charge >= 0.3 is 0 Å². The average molecular weight is 423 g/mol. The first-order valence-corrected chi connectivity index (χ1v) is 10.6. The number of benzene rings is 1. The van der Waals surface area contributed by atoms with E-state index in [1.807, 2.05) is 39.9 Å². The molecule has 5 rings (SSSR count). The Morgan fingerprint density at radius 1 is 1.19 bits per heavy atom. The van der Waals surface area contributed by atoms with E-state index in [4.69, 9.17) is 15.2 Å². The summed E-state index contributed by atoms with van der Waals surface area (Å²) in [5.74, 6) is 1.01. The summed E-state index contributed by atoms with van der Waals surface area (Å²) in [7, 11) is 0. The van der Waals surface area contributed by atoms with Gasteiger partial charge in [-0.05, 0) is 18.2 Å². The van der Waals surface area contributed by atoms with E-state index in [9.17, 15) is 9.59 Å². The molecule has 9 nitrogen and oxygen atoms in total. The van der Waals surface area contributed by atoms with Crippen molar-refractivity contribution in [2.45, 2.75) is 38.5 Å². The smallest absolute Gasteiger partial charge is 0.274 e. The first-order chi connectivity index (χ1) is 15.1. The summed E-state index contributed by atoms with van der Waals surface area (Å²) in [5, 5.41) is 5.35. The molecule has 0 radical (unpaired) electrons. The lowest BCUT2D eigenvalue weighted by atomic mass is 10.1. The molecule has 162 valence electrons. The first kappa shape index (κ1) is 19.5. The van der Waals surface area contributed by atoms with E-state index in [0.29, 0.717) is 31.3 Å². The fraction of sp³-hybridized carbons (Fsp3) is 0.409. The van der Waals surface area contributed by atoms with E-state index in [1.165, 1.54) is 0 Å². The summed E-state index contributed by atoms with van der Waals surface area (Å²) in [4.78, 5) is 26.0. The molecule has 0 spiro atoms. The molecule has 2 amide bonds. The number of primary amides is 1. The van der Waals surface area contributed by atoms with Crippen LogP contribution in [0.3, 0.4) is 0 Å². The number of carbonyl (C=O) groups is 2. The maximum atomic E-state index is 12.9. The zero-order valence-corrected chi connectivity index (χ0v) is 17.2. The molecule has 2 aliphatic rings. The second-order valence-corrected chi connectivity index (χ2v) is 8.00. The van der Waals surface area contributed by atoms with Crippen molar-refractivity contribution in [1.82, 2.24) is 19.2 Å². The summed E-state index contributed by atoms with van der Waals surface area (Å²) in [6.07, 6.45) is 4.26. The van der Waals surface area contributed by atoms with Gasteiger partial charge in [0.2, 0.25) is 11.8 Å². The highest BCUT2D eigenvalue weighted by atomic mass is 16.5. The van der Waals surface area contributed by atoms with Crippen molar-refractivity contribution >= 4 is 22.7 Å². The Morgan fingerprint density at radius 2 is 2.03 bits per heavy atom. The van der Waals surface area contributed by atoms with Crippen LogP contribution in [0.4, 0.5) is 0 Å². The lowest BCUT2D eigenvalue weighted by molar-refractivity contribution is -0.118. The minimum Gasteiger partial charge on any atom is -0.490 e. The Kier molecular flexibility index (Phi) is 5.01. The molecule has 0 aliphatic carbocycles. The van der Waals surface area contributed by atoms with Gasteiger partial charge in [0, 0.05) is 56.5 Å². The summed E-state index contributed by atoms with van der Waals surface area (Å²) in [5.41, 5.74) is 6.69. The van der Waals surface area contributed by atoms with Crippen LogP contribution in [0.1, 0.15) is 29.8 Å². The van der Waals surface area contributed by atoms with E-state index < -0.39 is 0 Å². The van der Waals surface area contributed by atoms with Crippen LogP contribution in [-0.2, 0) is 17.9 Å². The predicted octanol–water partition coefficient (Wildman–Crippen LogP) is 1.79. The number of likely N-dealkylation sites (tertiary alicyclic amines) is 1. The van der Waals surface area contributed by atoms with Crippen molar-refractivity contribution in [3.63, 3.8) is 0 Å². The molecule has 4 heterocycles. The van der Waals surface area contributed by atoms with Gasteiger partial charge in [-0.2, -0.15) is 5.10 Å². The van der Waals surface area contributed by atoms with Gasteiger partial charge in [-0.3, -0.25) is 9.59 Å². The van der Waals surface area contributed by atoms with Crippen LogP contribution in [0.25, 0.3) is 10.9 Å². The highest BCUT2D eigenvalue weighted by Crippen LogP contribution is 2.29. The van der Waals surface area contributed by atoms with Crippen LogP contribution >= 0.6 is 0 Å². The lowest BCUT2D eigenvalue weighted by Crippen LogP contribution is -2.42. The quantitative estimate of drug-likeness (QED) is 0.674. The third kappa shape index (κ3) is 3.83. The molecular formula is C22H25N5O4. The van der Waals surface area contributed by atoms with Crippen LogP contribution in [0.15, 0.2) is 36.5 Å². The third-order valence-corrected chi connectivity index (χ3v) is 5.85. The van der Waals surface area contributed by atoms with Crippen molar-refractivity contribution in [1.29, 1.82) is 0 Å². The van der Waals surface area contributed by atoms with Crippen molar-refractivity contribution in [2.75, 3.05) is 19.7 Å². The van der Waals surface area contributed by atoms with E-state index in [1.54, 1.807) is 10.7 Å². The van der Waals surface area contributed by atoms with Crippen molar-refractivity contribution < 1.29 is 19.1 Å². The number of amides is 2. The molecule has 1 fully saturated rings. The van der Waals surface area contributed by atoms with E-state index in [-0.39, 0.29) is 24.5 Å². The molecule has 0 unspecified atom stereocenters. The number of aryl methyl sites for hydroxylation is 1. The maximum absolute atomic E-state index is 12.9. The Balaban J connectivity index is 1.23. The fourth-order valence-corrected chi connectivity index (χ4v) is 4.29. The van der Waals surface area contributed by atoms with Gasteiger partial charge in [-0.25, -0.2) is 4.68 Å². The van der Waals surface area contributed by atoms with Gasteiger partial charge in [0.15, 0.2) is 5.69 Å². The van der Waals surface area contributed by atoms with Gasteiger partial charge in [0.1, 0.15) is 18.4 Å². The zero-order chi connectivity index (χ0) is 21.4. The molecule has 1 aromatic carbocycles. The van der Waals surface area contributed by atoms with Crippen molar-refractivity contribution in [3.05, 3.63) is 42.2 Å². The van der Waals surface area contributed by atoms with Gasteiger partial charge in [-0.15, -0.1) is 0 Å². The maximum Gasteiger partial charge on any atom is 0.274 e. The number of nitrogens with two attached hydrogens (primary N) is 1. The molecule has 9 heteroatoms. The number of aromatic nitrogens is 3. The van der Waals surface area contributed by atoms with E-state index in [2.05, 4.69) is 5.10 Å². The summed E-state index contributed by atoms with van der Waals surface area (Å²) >= 11 is 0. The SMILES string of the molecule is NC(=O)Cn1ccc2c(OC3CCN(C(=O)c4cc5n(n4)CCCO5)CC3)cccc21. The predicted molar refractivity (Wildman–Crippen MR) is 113 cm³/mol. The molecule has 0 atom stereocenters. The molecule has 1 saturated heterocycles. The number of ether oxygens (including phenoxy) is 2. The highest BCUT2D eigenvalue weighted by molar-refractivity contribution is 5.92. The minimum absolute atomic E-state index is 0.0210. The highest BCUT2D eigenvalue weighted by Gasteiger charge is 2.28. The summed E-state index contributed by atoms with van der Waals surface area (Å²) in [6.45, 7) is 2.82. The number of hydrogen-bond acceptors (Lipinski definition) is 5. The van der Waals surface area contributed by atoms with Crippen LogP contribution in [-0.4, -0.2) is 56.9 Å². The van der Waals surface area contributed by atoms with Crippen molar-refractivity contribution in [3.8, 4) is 11.6 Å². The second-order valence-electron chi connectivity index (χ2n) is 8.00. The summed E-state index contributed by atoms with van der Waals surface area (Å²) in [6, 6.07) is 9.47. The number of hydrogen-bond donors (Lipinski definition) is 1. The Labute approximate surface area is 179 Å². The Morgan fingerprint density at radius 3 is 2.81 bits per heavy atom. The number of fused-ring (bicyclic) bond motifs is 2. The third-order valence-electron chi connectivity index (χ3n) is 5.85. The Hall–Kier alpha value is -3.49. The first-order valence-electron chi connectivity index (χ1n) is 10.6. The van der Waals surface area contributed by atoms with Gasteiger partial charge in [0.25, 0.3) is 5.91 Å². The lowest BCUT2D eigenvalue weighted by Gasteiger charge is -2.32. The van der Waals surface area contributed by atoms with Gasteiger partial charge < -0.3 is 24.7 Å². The zero-order valence-electron chi connectivity index (χ0n) is 17.2. The summed E-state index contributed by atoms with van der Waals surface area (Å²) < 4.78 is 15.4. The van der Waals surface area contributed by atoms with Gasteiger partial charge in [-0.1, -0.05) is 6.07 Å². The molecule has 31 heavy (non-hydrogen) atoms. The van der Waals surface area contributed by atoms with Gasteiger partial charge in [0.05, 0.1) is 12.1 Å². The number of rotatable bonds is 5. The fourth-order valence-electron chi connectivity index (χ4n) is 4.29. The number of piperidine rings is 1. The molecule has 2 N–H and O–H groups in total. The largest absolute Gasteiger partial charge is 0.490 e. The topological polar surface area (TPSA) is 105 Å². The molecule has 2 aliphatic heterocycles. The number of nitrogens with zero attached hydrogens (tertiary/aromatic N) is 4. The molecule has 3 aromatic rings. The average Bonchev–Trinajstić information content (AvgIpc) is 3.38. The minimum atomic E-state index is -0.383. The molecule has 0 bridgehead atoms. The Bertz CT molecular complexity index is 1100. The normalized spacial score (nSPS) is 16.7. The number of carbonyl (C=O) groups excluding carboxylic acids is 2. The molecule has 2 aromatic heterocycles. The second kappa shape index (κ2) is 7.98. The van der Waals surface area contributed by atoms with Crippen LogP contribution in [0.5, 0.6) is 11.6 Å². The van der Waals surface area contributed by atoms with E-state index >= 15 is 0 Å². The van der Waals surface area contributed by atoms with Crippen LogP contribution in [0.2, 0.25) is 0 Å². The molecule has 0 saturated carbocycles. The van der Waals surface area contributed by atoms with Crippen molar-refractivity contribution in [2.24, 2.45) is 5.73 Å². The van der Waals surface area contributed by atoms with Crippen LogP contribution in [0, 0.1) is 0 Å². The standard InChI is InChI=1S/C22H25N5O4/c23-20(28)14-26-11-7-16-18(26)3-1-4-19(16)31-15-5-9-25(10-6-15)22(29)17-13-21-27(24-17)8-2-12-30-21/h1,3-4,7,11,13,15H,2,5-6,8-10,12,14H2,(H2,23,28). The monoisotopic (exact) mass is 423 g/mol. The van der Waals surface area contributed by atoms with E-state index in [0.717, 1.165) is 42.5 Å². The van der Waals surface area contributed by atoms with Crippen LogP contribution < -0.4 is 15.2 Å². The molecular weight excluding hydrogens is 398 g/mol.